The average molecular weight is 514 g/mol. The van der Waals surface area contributed by atoms with Crippen molar-refractivity contribution in [2.45, 2.75) is 19.4 Å². The van der Waals surface area contributed by atoms with Gasteiger partial charge in [0.15, 0.2) is 5.88 Å². The molecule has 196 valence electrons. The number of esters is 2. The van der Waals surface area contributed by atoms with Gasteiger partial charge in [-0.25, -0.2) is 9.79 Å². The maximum absolute atomic E-state index is 12.0. The fraction of sp³-hybridized carbons (Fsp3) is 0.233. The summed E-state index contributed by atoms with van der Waals surface area (Å²) in [6.07, 6.45) is 0.850. The highest BCUT2D eigenvalue weighted by Gasteiger charge is 2.20. The van der Waals surface area contributed by atoms with Crippen molar-refractivity contribution in [3.63, 3.8) is 0 Å². The van der Waals surface area contributed by atoms with Crippen LogP contribution in [-0.4, -0.2) is 61.0 Å². The Morgan fingerprint density at radius 1 is 0.895 bits per heavy atom. The van der Waals surface area contributed by atoms with Crippen LogP contribution in [0.15, 0.2) is 71.7 Å². The van der Waals surface area contributed by atoms with E-state index in [0.29, 0.717) is 40.6 Å². The molecule has 0 amide bonds. The maximum atomic E-state index is 12.0. The highest BCUT2D eigenvalue weighted by molar-refractivity contribution is 6.22. The summed E-state index contributed by atoms with van der Waals surface area (Å²) < 4.78 is 9.58. The molecule has 0 aliphatic carbocycles. The number of rotatable bonds is 9. The summed E-state index contributed by atoms with van der Waals surface area (Å²) in [6, 6.07) is 20.8. The van der Waals surface area contributed by atoms with Gasteiger partial charge in [-0.2, -0.15) is 0 Å². The van der Waals surface area contributed by atoms with Crippen molar-refractivity contribution in [3.05, 3.63) is 94.5 Å². The van der Waals surface area contributed by atoms with Crippen molar-refractivity contribution >= 4 is 34.2 Å². The summed E-state index contributed by atoms with van der Waals surface area (Å²) in [5.74, 6) is -0.777. The van der Waals surface area contributed by atoms with Crippen molar-refractivity contribution in [2.24, 2.45) is 4.99 Å². The summed E-state index contributed by atoms with van der Waals surface area (Å²) in [5.41, 5.74) is 5.72. The zero-order chi connectivity index (χ0) is 27.2. The van der Waals surface area contributed by atoms with Crippen molar-refractivity contribution < 1.29 is 24.2 Å². The molecule has 1 aromatic heterocycles. The number of H-pyrrole nitrogens is 1. The van der Waals surface area contributed by atoms with E-state index in [1.165, 1.54) is 14.2 Å². The van der Waals surface area contributed by atoms with Crippen molar-refractivity contribution in [1.82, 2.24) is 9.88 Å². The fourth-order valence-corrected chi connectivity index (χ4v) is 4.28. The number of aliphatic imine (C=N–C) groups is 1. The second-order valence-electron chi connectivity index (χ2n) is 9.24. The quantitative estimate of drug-likeness (QED) is 0.241. The summed E-state index contributed by atoms with van der Waals surface area (Å²) in [6.45, 7) is 0.815. The number of carbonyl (C=O) groups is 2. The Labute approximate surface area is 221 Å². The summed E-state index contributed by atoms with van der Waals surface area (Å²) >= 11 is 0. The van der Waals surface area contributed by atoms with Crippen molar-refractivity contribution in [2.75, 3.05) is 28.3 Å². The Morgan fingerprint density at radius 2 is 1.55 bits per heavy atom. The Hall–Kier alpha value is -4.43. The number of benzene rings is 3. The van der Waals surface area contributed by atoms with Gasteiger partial charge in [0.2, 0.25) is 0 Å². The second-order valence-corrected chi connectivity index (χ2v) is 9.24. The largest absolute Gasteiger partial charge is 0.494 e. The van der Waals surface area contributed by atoms with E-state index in [1.54, 1.807) is 18.2 Å². The zero-order valence-corrected chi connectivity index (χ0v) is 21.9. The van der Waals surface area contributed by atoms with Gasteiger partial charge in [0.05, 0.1) is 36.7 Å². The zero-order valence-electron chi connectivity index (χ0n) is 21.9. The molecule has 3 aromatic carbocycles. The lowest BCUT2D eigenvalue weighted by Crippen LogP contribution is -2.10. The molecule has 1 heterocycles. The first-order chi connectivity index (χ1) is 18.3. The number of fused-ring (bicyclic) bond motifs is 1. The molecular weight excluding hydrogens is 482 g/mol. The first-order valence-corrected chi connectivity index (χ1v) is 12.2. The third-order valence-electron chi connectivity index (χ3n) is 6.19. The molecule has 0 aliphatic rings. The van der Waals surface area contributed by atoms with E-state index in [1.807, 2.05) is 62.6 Å². The number of aromatic hydroxyl groups is 1. The smallest absolute Gasteiger partial charge is 0.337 e. The van der Waals surface area contributed by atoms with E-state index in [-0.39, 0.29) is 11.8 Å². The minimum atomic E-state index is -0.461. The Morgan fingerprint density at radius 3 is 2.18 bits per heavy atom. The van der Waals surface area contributed by atoms with Gasteiger partial charge in [-0.3, -0.25) is 4.79 Å². The van der Waals surface area contributed by atoms with Crippen LogP contribution >= 0.6 is 0 Å². The van der Waals surface area contributed by atoms with Crippen molar-refractivity contribution in [1.29, 1.82) is 0 Å². The van der Waals surface area contributed by atoms with E-state index in [4.69, 9.17) is 14.5 Å². The molecule has 8 heteroatoms. The molecule has 0 saturated heterocycles. The molecule has 0 fully saturated rings. The van der Waals surface area contributed by atoms with Crippen LogP contribution in [0.5, 0.6) is 5.88 Å². The molecule has 4 rings (SSSR count). The molecule has 0 spiro atoms. The molecule has 8 nitrogen and oxygen atoms in total. The number of aryl methyl sites for hydroxylation is 1. The van der Waals surface area contributed by atoms with E-state index in [9.17, 15) is 14.7 Å². The summed E-state index contributed by atoms with van der Waals surface area (Å²) in [4.78, 5) is 33.6. The minimum absolute atomic E-state index is 0.0558. The number of ether oxygens (including phenoxy) is 2. The lowest BCUT2D eigenvalue weighted by atomic mass is 9.98. The molecule has 38 heavy (non-hydrogen) atoms. The van der Waals surface area contributed by atoms with Gasteiger partial charge in [-0.15, -0.1) is 0 Å². The molecule has 0 radical (unpaired) electrons. The Bertz CT molecular complexity index is 1470. The lowest BCUT2D eigenvalue weighted by Gasteiger charge is -2.11. The number of hydrogen-bond donors (Lipinski definition) is 2. The van der Waals surface area contributed by atoms with Gasteiger partial charge in [-0.05, 0) is 55.9 Å². The van der Waals surface area contributed by atoms with Crippen LogP contribution in [0.25, 0.3) is 10.9 Å². The normalized spacial score (nSPS) is 11.7. The molecule has 4 aromatic rings. The maximum Gasteiger partial charge on any atom is 0.337 e. The Balaban J connectivity index is 1.79. The van der Waals surface area contributed by atoms with Gasteiger partial charge in [0.25, 0.3) is 0 Å². The van der Waals surface area contributed by atoms with Gasteiger partial charge >= 0.3 is 11.9 Å². The van der Waals surface area contributed by atoms with Crippen LogP contribution in [-0.2, 0) is 27.2 Å². The topological polar surface area (TPSA) is 104 Å². The number of aromatic nitrogens is 1. The highest BCUT2D eigenvalue weighted by Crippen LogP contribution is 2.32. The molecular formula is C30H31N3O5. The van der Waals surface area contributed by atoms with E-state index in [0.717, 1.165) is 28.9 Å². The van der Waals surface area contributed by atoms with Gasteiger partial charge in [0.1, 0.15) is 0 Å². The van der Waals surface area contributed by atoms with Gasteiger partial charge in [-0.1, -0.05) is 42.5 Å². The average Bonchev–Trinajstić information content (AvgIpc) is 3.25. The number of hydrogen-bond acceptors (Lipinski definition) is 7. The molecule has 2 N–H and O–H groups in total. The third-order valence-corrected chi connectivity index (χ3v) is 6.19. The first-order valence-electron chi connectivity index (χ1n) is 12.2. The summed E-state index contributed by atoms with van der Waals surface area (Å²) in [5, 5.41) is 11.7. The molecule has 0 atom stereocenters. The van der Waals surface area contributed by atoms with Crippen LogP contribution in [0, 0.1) is 0 Å². The highest BCUT2D eigenvalue weighted by atomic mass is 16.5. The molecule has 0 saturated carbocycles. The second kappa shape index (κ2) is 11.7. The Kier molecular flexibility index (Phi) is 8.23. The first kappa shape index (κ1) is 26.6. The van der Waals surface area contributed by atoms with Crippen LogP contribution in [0.2, 0.25) is 0 Å². The number of nitrogens with zero attached hydrogens (tertiary/aromatic N) is 2. The van der Waals surface area contributed by atoms with Crippen LogP contribution in [0.1, 0.15) is 39.0 Å². The predicted octanol–water partition coefficient (Wildman–Crippen LogP) is 5.00. The van der Waals surface area contributed by atoms with Crippen LogP contribution in [0.4, 0.5) is 5.69 Å². The number of methoxy groups -OCH3 is 2. The van der Waals surface area contributed by atoms with Crippen LogP contribution < -0.4 is 0 Å². The molecule has 0 unspecified atom stereocenters. The van der Waals surface area contributed by atoms with Gasteiger partial charge < -0.3 is 24.5 Å². The fourth-order valence-electron chi connectivity index (χ4n) is 4.28. The van der Waals surface area contributed by atoms with Crippen molar-refractivity contribution in [3.8, 4) is 5.88 Å². The standard InChI is InChI=1S/C30H31N3O5/c1-33(2)18-20-7-13-23(14-8-20)31-28(21-10-5-19(6-11-21)9-16-26(34)37-3)27-24-15-12-22(30(36)38-4)17-25(24)32-29(27)35/h5-8,10-15,17,32,35H,9,16,18H2,1-4H3. The number of nitrogens with one attached hydrogen (secondary N) is 1. The van der Waals surface area contributed by atoms with Crippen LogP contribution in [0.3, 0.4) is 0 Å². The van der Waals surface area contributed by atoms with E-state index < -0.39 is 5.97 Å². The van der Waals surface area contributed by atoms with E-state index >= 15 is 0 Å². The summed E-state index contributed by atoms with van der Waals surface area (Å²) in [7, 11) is 6.74. The third kappa shape index (κ3) is 6.10. The molecule has 0 aliphatic heterocycles. The monoisotopic (exact) mass is 513 g/mol. The number of carbonyl (C=O) groups excluding carboxylic acids is 2. The predicted molar refractivity (Wildman–Crippen MR) is 147 cm³/mol. The molecule has 0 bridgehead atoms. The minimum Gasteiger partial charge on any atom is -0.494 e. The van der Waals surface area contributed by atoms with Gasteiger partial charge in [0, 0.05) is 29.4 Å². The van der Waals surface area contributed by atoms with E-state index in [2.05, 4.69) is 9.88 Å². The SMILES string of the molecule is COC(=O)CCc1ccc(C(=Nc2ccc(CN(C)C)cc2)c2c(O)[nH]c3cc(C(=O)OC)ccc23)cc1. The number of aromatic amines is 1. The lowest BCUT2D eigenvalue weighted by molar-refractivity contribution is -0.140.